The highest BCUT2D eigenvalue weighted by molar-refractivity contribution is 7.91. The van der Waals surface area contributed by atoms with E-state index in [1.807, 2.05) is 0 Å². The smallest absolute Gasteiger partial charge is 0.193 e. The van der Waals surface area contributed by atoms with E-state index >= 15 is 0 Å². The molecular formula is C12H14N4O2S. The van der Waals surface area contributed by atoms with E-state index < -0.39 is 16.6 Å². The van der Waals surface area contributed by atoms with Crippen molar-refractivity contribution < 1.29 is 9.76 Å². The van der Waals surface area contributed by atoms with Crippen molar-refractivity contribution in [1.82, 2.24) is 4.98 Å². The molecule has 0 aromatic carbocycles. The molecule has 1 aliphatic carbocycles. The van der Waals surface area contributed by atoms with Crippen LogP contribution in [0.15, 0.2) is 22.3 Å². The summed E-state index contributed by atoms with van der Waals surface area (Å²) in [6, 6.07) is 3.96. The molecular weight excluding hydrogens is 264 g/mol. The largest absolute Gasteiger partial charge is 0.611 e. The summed E-state index contributed by atoms with van der Waals surface area (Å²) in [7, 11) is 0. The Morgan fingerprint density at radius 2 is 2.42 bits per heavy atom. The van der Waals surface area contributed by atoms with E-state index in [9.17, 15) is 9.81 Å². The van der Waals surface area contributed by atoms with Crippen molar-refractivity contribution >= 4 is 17.0 Å². The normalized spacial score (nSPS) is 18.7. The summed E-state index contributed by atoms with van der Waals surface area (Å²) in [6.07, 6.45) is 3.11. The number of aromatic nitrogens is 1. The molecule has 3 N–H and O–H groups in total. The lowest BCUT2D eigenvalue weighted by Crippen LogP contribution is -2.21. The van der Waals surface area contributed by atoms with Crippen LogP contribution >= 0.6 is 0 Å². The van der Waals surface area contributed by atoms with Gasteiger partial charge in [0.25, 0.3) is 0 Å². The molecule has 0 saturated heterocycles. The van der Waals surface area contributed by atoms with Gasteiger partial charge in [-0.3, -0.25) is 0 Å². The van der Waals surface area contributed by atoms with Crippen molar-refractivity contribution in [2.45, 2.75) is 30.1 Å². The fourth-order valence-electron chi connectivity index (χ4n) is 1.87. The molecule has 0 aliphatic heterocycles. The van der Waals surface area contributed by atoms with Crippen LogP contribution in [0.4, 0.5) is 0 Å². The number of pyridine rings is 1. The Hall–Kier alpha value is -1.78. The molecule has 1 heterocycles. The monoisotopic (exact) mass is 278 g/mol. The quantitative estimate of drug-likeness (QED) is 0.278. The van der Waals surface area contributed by atoms with Gasteiger partial charge in [0.2, 0.25) is 0 Å². The first-order valence-corrected chi connectivity index (χ1v) is 7.18. The van der Waals surface area contributed by atoms with Gasteiger partial charge in [-0.05, 0) is 36.5 Å². The number of nitrogens with zero attached hydrogens (tertiary/aromatic N) is 3. The second-order valence-corrected chi connectivity index (χ2v) is 6.09. The minimum Gasteiger partial charge on any atom is -0.611 e. The van der Waals surface area contributed by atoms with E-state index in [-0.39, 0.29) is 11.5 Å². The summed E-state index contributed by atoms with van der Waals surface area (Å²) < 4.78 is 12.0. The van der Waals surface area contributed by atoms with Crippen LogP contribution in [0.5, 0.6) is 0 Å². The van der Waals surface area contributed by atoms with Gasteiger partial charge in [-0.15, -0.1) is 0 Å². The van der Waals surface area contributed by atoms with E-state index in [4.69, 9.17) is 10.9 Å². The molecule has 0 spiro atoms. The van der Waals surface area contributed by atoms with Gasteiger partial charge in [-0.2, -0.15) is 5.26 Å². The molecule has 0 unspecified atom stereocenters. The van der Waals surface area contributed by atoms with Crippen LogP contribution in [0.2, 0.25) is 0 Å². The Morgan fingerprint density at radius 1 is 1.74 bits per heavy atom. The first-order chi connectivity index (χ1) is 9.07. The Morgan fingerprint density at radius 3 is 2.89 bits per heavy atom. The van der Waals surface area contributed by atoms with E-state index in [0.717, 1.165) is 18.4 Å². The van der Waals surface area contributed by atoms with Crippen LogP contribution in [0.1, 0.15) is 31.0 Å². The molecule has 0 amide bonds. The van der Waals surface area contributed by atoms with Crippen LogP contribution in [-0.2, 0) is 16.6 Å². The molecule has 2 rings (SSSR count). The average molecular weight is 278 g/mol. The molecule has 1 aromatic rings. The van der Waals surface area contributed by atoms with Gasteiger partial charge in [0.1, 0.15) is 5.75 Å². The highest BCUT2D eigenvalue weighted by atomic mass is 32.2. The zero-order valence-corrected chi connectivity index (χ0v) is 11.3. The molecule has 7 heteroatoms. The van der Waals surface area contributed by atoms with Gasteiger partial charge in [0, 0.05) is 12.3 Å². The number of nitrogens with two attached hydrogens (primary N) is 1. The zero-order valence-electron chi connectivity index (χ0n) is 10.5. The third-order valence-electron chi connectivity index (χ3n) is 3.23. The van der Waals surface area contributed by atoms with Gasteiger partial charge in [-0.1, -0.05) is 5.16 Å². The van der Waals surface area contributed by atoms with E-state index in [2.05, 4.69) is 16.2 Å². The van der Waals surface area contributed by atoms with Crippen LogP contribution in [0, 0.1) is 11.3 Å². The van der Waals surface area contributed by atoms with Crippen molar-refractivity contribution in [3.8, 4) is 6.07 Å². The molecule has 0 bridgehead atoms. The molecule has 0 radical (unpaired) electrons. The lowest BCUT2D eigenvalue weighted by Gasteiger charge is -2.14. The Balaban J connectivity index is 2.52. The highest BCUT2D eigenvalue weighted by Gasteiger charge is 2.46. The Labute approximate surface area is 114 Å². The molecule has 6 nitrogen and oxygen atoms in total. The SMILES string of the molecule is CC[S@@+]([O-])c1cc(C2(C#N)CC2)cnc1C(N)=NO. The lowest BCUT2D eigenvalue weighted by molar-refractivity contribution is 0.318. The maximum atomic E-state index is 12.0. The first-order valence-electron chi connectivity index (χ1n) is 5.86. The highest BCUT2D eigenvalue weighted by Crippen LogP contribution is 2.47. The van der Waals surface area contributed by atoms with Gasteiger partial charge in [0.15, 0.2) is 16.4 Å². The Kier molecular flexibility index (Phi) is 3.64. The predicted octanol–water partition coefficient (Wildman–Crippen LogP) is 0.859. The first kappa shape index (κ1) is 13.6. The fraction of sp³-hybridized carbons (Fsp3) is 0.417. The standard InChI is InChI=1S/C12H14N4O2S/c1-2-19(18)9-5-8(12(7-13)3-4-12)6-15-10(9)11(14)16-17/h5-6,17H,2-4H2,1H3,(H2,14,16)/t19-/m1/s1. The second kappa shape index (κ2) is 5.07. The molecule has 1 aromatic heterocycles. The van der Waals surface area contributed by atoms with Crippen molar-refractivity contribution in [1.29, 1.82) is 5.26 Å². The lowest BCUT2D eigenvalue weighted by atomic mass is 9.99. The minimum absolute atomic E-state index is 0.176. The second-order valence-electron chi connectivity index (χ2n) is 4.38. The van der Waals surface area contributed by atoms with E-state index in [0.29, 0.717) is 10.6 Å². The molecule has 100 valence electrons. The number of amidine groups is 1. The summed E-state index contributed by atoms with van der Waals surface area (Å²) in [5.41, 5.74) is 6.00. The van der Waals surface area contributed by atoms with Gasteiger partial charge in [-0.25, -0.2) is 4.98 Å². The maximum absolute atomic E-state index is 12.0. The summed E-state index contributed by atoms with van der Waals surface area (Å²) in [4.78, 5) is 4.53. The molecule has 1 saturated carbocycles. The number of hydrogen-bond donors (Lipinski definition) is 2. The average Bonchev–Trinajstić information content (AvgIpc) is 3.26. The van der Waals surface area contributed by atoms with Crippen LogP contribution in [0.25, 0.3) is 0 Å². The van der Waals surface area contributed by atoms with Crippen molar-refractivity contribution in [2.75, 3.05) is 5.75 Å². The summed E-state index contributed by atoms with van der Waals surface area (Å²) in [5, 5.41) is 20.8. The molecule has 1 aliphatic rings. The summed E-state index contributed by atoms with van der Waals surface area (Å²) >= 11 is -1.29. The van der Waals surface area contributed by atoms with E-state index in [1.165, 1.54) is 0 Å². The number of oxime groups is 1. The van der Waals surface area contributed by atoms with Crippen LogP contribution < -0.4 is 5.73 Å². The third-order valence-corrected chi connectivity index (χ3v) is 4.55. The zero-order chi connectivity index (χ0) is 14.0. The molecule has 19 heavy (non-hydrogen) atoms. The number of nitriles is 1. The summed E-state index contributed by atoms with van der Waals surface area (Å²) in [5.74, 6) is 0.223. The molecule has 1 atom stereocenters. The van der Waals surface area contributed by atoms with Crippen molar-refractivity contribution in [3.63, 3.8) is 0 Å². The number of hydrogen-bond acceptors (Lipinski definition) is 5. The number of rotatable bonds is 4. The van der Waals surface area contributed by atoms with Crippen molar-refractivity contribution in [3.05, 3.63) is 23.5 Å². The van der Waals surface area contributed by atoms with Gasteiger partial charge < -0.3 is 15.5 Å². The van der Waals surface area contributed by atoms with E-state index in [1.54, 1.807) is 19.2 Å². The third kappa shape index (κ3) is 2.37. The fourth-order valence-corrected chi connectivity index (χ4v) is 2.81. The maximum Gasteiger partial charge on any atom is 0.193 e. The minimum atomic E-state index is -1.29. The van der Waals surface area contributed by atoms with Crippen LogP contribution in [-0.4, -0.2) is 26.3 Å². The van der Waals surface area contributed by atoms with Crippen LogP contribution in [0.3, 0.4) is 0 Å². The summed E-state index contributed by atoms with van der Waals surface area (Å²) in [6.45, 7) is 1.77. The van der Waals surface area contributed by atoms with Gasteiger partial charge in [0.05, 0.1) is 11.5 Å². The predicted molar refractivity (Wildman–Crippen MR) is 70.2 cm³/mol. The van der Waals surface area contributed by atoms with Gasteiger partial charge >= 0.3 is 0 Å². The Bertz CT molecular complexity index is 563. The topological polar surface area (TPSA) is 118 Å². The van der Waals surface area contributed by atoms with Crippen molar-refractivity contribution in [2.24, 2.45) is 10.9 Å². The molecule has 1 fully saturated rings.